The van der Waals surface area contributed by atoms with E-state index in [0.29, 0.717) is 0 Å². The van der Waals surface area contributed by atoms with Crippen molar-refractivity contribution in [3.8, 4) is 0 Å². The Morgan fingerprint density at radius 3 is 2.68 bits per heavy atom. The van der Waals surface area contributed by atoms with E-state index >= 15 is 0 Å². The van der Waals surface area contributed by atoms with Crippen LogP contribution in [0.25, 0.3) is 0 Å². The Balaban J connectivity index is 1.92. The van der Waals surface area contributed by atoms with E-state index in [0.717, 1.165) is 30.7 Å². The highest BCUT2D eigenvalue weighted by atomic mass is 15.3. The highest BCUT2D eigenvalue weighted by Gasteiger charge is 2.11. The minimum absolute atomic E-state index is 0.147. The van der Waals surface area contributed by atoms with E-state index in [1.54, 1.807) is 0 Å². The Hall–Kier alpha value is -1.68. The van der Waals surface area contributed by atoms with Gasteiger partial charge < -0.3 is 5.73 Å². The van der Waals surface area contributed by atoms with Crippen molar-refractivity contribution >= 4 is 0 Å². The largest absolute Gasteiger partial charge is 0.327 e. The fourth-order valence-electron chi connectivity index (χ4n) is 2.40. The Bertz CT molecular complexity index is 531. The van der Waals surface area contributed by atoms with Crippen molar-refractivity contribution in [1.29, 1.82) is 0 Å². The second-order valence-corrected chi connectivity index (χ2v) is 5.10. The summed E-state index contributed by atoms with van der Waals surface area (Å²) < 4.78 is 1.94. The van der Waals surface area contributed by atoms with Gasteiger partial charge in [0.05, 0.1) is 5.69 Å². The third kappa shape index (κ3) is 3.41. The lowest BCUT2D eigenvalue weighted by molar-refractivity contribution is 0.600. The van der Waals surface area contributed by atoms with Crippen LogP contribution >= 0.6 is 0 Å². The molecule has 2 aromatic heterocycles. The summed E-state index contributed by atoms with van der Waals surface area (Å²) in [5, 5.41) is 4.44. The first-order valence-corrected chi connectivity index (χ1v) is 6.72. The van der Waals surface area contributed by atoms with Crippen molar-refractivity contribution in [1.82, 2.24) is 14.8 Å². The number of hydrogen-bond donors (Lipinski definition) is 1. The van der Waals surface area contributed by atoms with Gasteiger partial charge in [-0.05, 0) is 44.4 Å². The lowest BCUT2D eigenvalue weighted by Crippen LogP contribution is -2.24. The monoisotopic (exact) mass is 258 g/mol. The molecule has 0 aliphatic carbocycles. The summed E-state index contributed by atoms with van der Waals surface area (Å²) in [6.07, 6.45) is 4.60. The normalized spacial score (nSPS) is 12.6. The fraction of sp³-hybridized carbons (Fsp3) is 0.467. The molecular formula is C15H22N4. The van der Waals surface area contributed by atoms with E-state index in [1.165, 1.54) is 11.3 Å². The number of nitrogens with zero attached hydrogens (tertiary/aromatic N) is 3. The quantitative estimate of drug-likeness (QED) is 0.891. The summed E-state index contributed by atoms with van der Waals surface area (Å²) in [4.78, 5) is 4.32. The number of aromatic nitrogens is 3. The number of rotatable bonds is 5. The van der Waals surface area contributed by atoms with Gasteiger partial charge in [0.1, 0.15) is 0 Å². The Kier molecular flexibility index (Phi) is 4.32. The van der Waals surface area contributed by atoms with Crippen molar-refractivity contribution in [2.45, 2.75) is 39.2 Å². The molecule has 0 radical (unpaired) electrons. The van der Waals surface area contributed by atoms with Crippen molar-refractivity contribution in [3.05, 3.63) is 47.0 Å². The molecule has 2 N–H and O–H groups in total. The van der Waals surface area contributed by atoms with Gasteiger partial charge in [-0.25, -0.2) is 0 Å². The summed E-state index contributed by atoms with van der Waals surface area (Å²) in [5.74, 6) is 0. The van der Waals surface area contributed by atoms with Crippen LogP contribution in [0.3, 0.4) is 0 Å². The van der Waals surface area contributed by atoms with Gasteiger partial charge in [0, 0.05) is 37.1 Å². The topological polar surface area (TPSA) is 56.7 Å². The predicted molar refractivity (Wildman–Crippen MR) is 76.9 cm³/mol. The van der Waals surface area contributed by atoms with Gasteiger partial charge in [-0.2, -0.15) is 5.10 Å². The zero-order valence-electron chi connectivity index (χ0n) is 11.9. The highest BCUT2D eigenvalue weighted by molar-refractivity contribution is 5.24. The van der Waals surface area contributed by atoms with Crippen LogP contribution in [0.5, 0.6) is 0 Å². The Morgan fingerprint density at radius 1 is 1.32 bits per heavy atom. The first kappa shape index (κ1) is 13.7. The van der Waals surface area contributed by atoms with Gasteiger partial charge in [-0.3, -0.25) is 9.67 Å². The molecular weight excluding hydrogens is 236 g/mol. The van der Waals surface area contributed by atoms with Crippen LogP contribution in [-0.4, -0.2) is 20.8 Å². The summed E-state index contributed by atoms with van der Waals surface area (Å²) in [7, 11) is 1.99. The third-order valence-electron chi connectivity index (χ3n) is 3.62. The first-order chi connectivity index (χ1) is 9.08. The molecule has 0 bridgehead atoms. The fourth-order valence-corrected chi connectivity index (χ4v) is 2.40. The minimum Gasteiger partial charge on any atom is -0.327 e. The molecule has 4 nitrogen and oxygen atoms in total. The standard InChI is InChI=1S/C15H22N4/c1-11-15(12(2)19(3)18-11)8-7-13(16)10-14-6-4-5-9-17-14/h4-6,9,13H,7-8,10,16H2,1-3H3. The molecule has 2 rings (SSSR count). The van der Waals surface area contributed by atoms with Crippen LogP contribution < -0.4 is 5.73 Å². The van der Waals surface area contributed by atoms with Gasteiger partial charge in [-0.1, -0.05) is 6.07 Å². The number of nitrogens with two attached hydrogens (primary N) is 1. The van der Waals surface area contributed by atoms with E-state index in [2.05, 4.69) is 23.9 Å². The molecule has 0 saturated heterocycles. The van der Waals surface area contributed by atoms with E-state index in [9.17, 15) is 0 Å². The average molecular weight is 258 g/mol. The van der Waals surface area contributed by atoms with Gasteiger partial charge in [0.25, 0.3) is 0 Å². The zero-order chi connectivity index (χ0) is 13.8. The van der Waals surface area contributed by atoms with Crippen molar-refractivity contribution < 1.29 is 0 Å². The zero-order valence-corrected chi connectivity index (χ0v) is 11.9. The van der Waals surface area contributed by atoms with Gasteiger partial charge in [0.2, 0.25) is 0 Å². The lowest BCUT2D eigenvalue weighted by atomic mass is 10.0. The summed E-state index contributed by atoms with van der Waals surface area (Å²) in [5.41, 5.74) is 10.9. The maximum Gasteiger partial charge on any atom is 0.0628 e. The first-order valence-electron chi connectivity index (χ1n) is 6.72. The minimum atomic E-state index is 0.147. The van der Waals surface area contributed by atoms with Crippen molar-refractivity contribution in [3.63, 3.8) is 0 Å². The maximum absolute atomic E-state index is 6.19. The molecule has 0 aliphatic heterocycles. The SMILES string of the molecule is Cc1nn(C)c(C)c1CCC(N)Cc1ccccn1. The molecule has 4 heteroatoms. The van der Waals surface area contributed by atoms with Crippen LogP contribution in [0.15, 0.2) is 24.4 Å². The second kappa shape index (κ2) is 5.97. The molecule has 1 unspecified atom stereocenters. The van der Waals surface area contributed by atoms with Crippen LogP contribution in [0.4, 0.5) is 0 Å². The van der Waals surface area contributed by atoms with Crippen LogP contribution in [0.1, 0.15) is 29.1 Å². The summed E-state index contributed by atoms with van der Waals surface area (Å²) in [6, 6.07) is 6.11. The van der Waals surface area contributed by atoms with Gasteiger partial charge in [0.15, 0.2) is 0 Å². The van der Waals surface area contributed by atoms with Crippen molar-refractivity contribution in [2.24, 2.45) is 12.8 Å². The Labute approximate surface area is 114 Å². The van der Waals surface area contributed by atoms with Crippen LogP contribution in [0, 0.1) is 13.8 Å². The third-order valence-corrected chi connectivity index (χ3v) is 3.62. The molecule has 0 spiro atoms. The molecule has 102 valence electrons. The van der Waals surface area contributed by atoms with E-state index in [4.69, 9.17) is 5.73 Å². The molecule has 19 heavy (non-hydrogen) atoms. The van der Waals surface area contributed by atoms with E-state index < -0.39 is 0 Å². The molecule has 0 saturated carbocycles. The predicted octanol–water partition coefficient (Wildman–Crippen LogP) is 1.93. The molecule has 0 fully saturated rings. The van der Waals surface area contributed by atoms with Crippen LogP contribution in [-0.2, 0) is 19.9 Å². The maximum atomic E-state index is 6.19. The number of pyridine rings is 1. The number of hydrogen-bond acceptors (Lipinski definition) is 3. The Morgan fingerprint density at radius 2 is 2.11 bits per heavy atom. The molecule has 2 heterocycles. The molecule has 2 aromatic rings. The molecule has 0 aromatic carbocycles. The second-order valence-electron chi connectivity index (χ2n) is 5.10. The smallest absolute Gasteiger partial charge is 0.0628 e. The van der Waals surface area contributed by atoms with Gasteiger partial charge >= 0.3 is 0 Å². The average Bonchev–Trinajstić information content (AvgIpc) is 2.62. The highest BCUT2D eigenvalue weighted by Crippen LogP contribution is 2.15. The van der Waals surface area contributed by atoms with E-state index in [-0.39, 0.29) is 6.04 Å². The lowest BCUT2D eigenvalue weighted by Gasteiger charge is -2.11. The molecule has 1 atom stereocenters. The van der Waals surface area contributed by atoms with Crippen LogP contribution in [0.2, 0.25) is 0 Å². The molecule has 0 amide bonds. The number of aryl methyl sites for hydroxylation is 2. The summed E-state index contributed by atoms with van der Waals surface area (Å²) in [6.45, 7) is 4.17. The van der Waals surface area contributed by atoms with Gasteiger partial charge in [-0.15, -0.1) is 0 Å². The molecule has 0 aliphatic rings. The van der Waals surface area contributed by atoms with E-state index in [1.807, 2.05) is 36.1 Å². The van der Waals surface area contributed by atoms with Crippen molar-refractivity contribution in [2.75, 3.05) is 0 Å². The summed E-state index contributed by atoms with van der Waals surface area (Å²) >= 11 is 0.